The van der Waals surface area contributed by atoms with E-state index in [9.17, 15) is 0 Å². The minimum atomic E-state index is 0.877. The van der Waals surface area contributed by atoms with Crippen molar-refractivity contribution in [2.45, 2.75) is 6.92 Å². The number of aryl methyl sites for hydroxylation is 1. The van der Waals surface area contributed by atoms with Crippen LogP contribution in [-0.4, -0.2) is 19.3 Å². The second-order valence-electron chi connectivity index (χ2n) is 4.96. The molecule has 4 nitrogen and oxygen atoms in total. The van der Waals surface area contributed by atoms with Crippen LogP contribution < -0.4 is 0 Å². The lowest BCUT2D eigenvalue weighted by molar-refractivity contribution is 0.872. The Kier molecular flexibility index (Phi) is 2.60. The van der Waals surface area contributed by atoms with Gasteiger partial charge in [0.1, 0.15) is 11.8 Å². The first-order valence-electron chi connectivity index (χ1n) is 6.88. The Labute approximate surface area is 122 Å². The quantitative estimate of drug-likeness (QED) is 0.560. The molecule has 4 aromatic rings. The Morgan fingerprint density at radius 1 is 0.810 bits per heavy atom. The fraction of sp³-hybridized carbons (Fsp3) is 0.0588. The number of hydrogen-bond acceptors (Lipinski definition) is 2. The fourth-order valence-electron chi connectivity index (χ4n) is 2.61. The largest absolute Gasteiger partial charge is 0.296 e. The number of fused-ring (bicyclic) bond motifs is 1. The van der Waals surface area contributed by atoms with Gasteiger partial charge in [0.15, 0.2) is 5.65 Å². The van der Waals surface area contributed by atoms with Gasteiger partial charge in [-0.15, -0.1) is 0 Å². The highest BCUT2D eigenvalue weighted by Crippen LogP contribution is 2.23. The molecule has 2 aromatic carbocycles. The standard InChI is InChI=1S/C17H14N4/c1-13-16-17(21(19-13)15-10-6-3-7-11-15)18-12-20(16)14-8-4-2-5-9-14/h2-12H,1H3. The second-order valence-corrected chi connectivity index (χ2v) is 4.96. The monoisotopic (exact) mass is 274 g/mol. The first kappa shape index (κ1) is 11.9. The number of imidazole rings is 1. The molecule has 0 aliphatic rings. The van der Waals surface area contributed by atoms with Crippen LogP contribution in [0.3, 0.4) is 0 Å². The van der Waals surface area contributed by atoms with Gasteiger partial charge in [0.2, 0.25) is 0 Å². The van der Waals surface area contributed by atoms with Crippen LogP contribution in [0.4, 0.5) is 0 Å². The summed E-state index contributed by atoms with van der Waals surface area (Å²) in [6.07, 6.45) is 1.86. The van der Waals surface area contributed by atoms with Crippen molar-refractivity contribution < 1.29 is 0 Å². The summed E-state index contributed by atoms with van der Waals surface area (Å²) in [5, 5.41) is 4.64. The summed E-state index contributed by atoms with van der Waals surface area (Å²) in [5.74, 6) is 0. The second kappa shape index (κ2) is 4.59. The molecule has 0 spiro atoms. The van der Waals surface area contributed by atoms with E-state index in [2.05, 4.69) is 26.8 Å². The summed E-state index contributed by atoms with van der Waals surface area (Å²) in [4.78, 5) is 4.56. The zero-order chi connectivity index (χ0) is 14.2. The Bertz CT molecular complexity index is 851. The summed E-state index contributed by atoms with van der Waals surface area (Å²) in [7, 11) is 0. The molecule has 2 aromatic heterocycles. The van der Waals surface area contributed by atoms with E-state index in [-0.39, 0.29) is 0 Å². The van der Waals surface area contributed by atoms with E-state index >= 15 is 0 Å². The van der Waals surface area contributed by atoms with E-state index in [1.807, 2.05) is 66.5 Å². The fourth-order valence-corrected chi connectivity index (χ4v) is 2.61. The molecule has 0 saturated heterocycles. The van der Waals surface area contributed by atoms with Gasteiger partial charge in [-0.1, -0.05) is 36.4 Å². The molecule has 102 valence electrons. The third kappa shape index (κ3) is 1.84. The van der Waals surface area contributed by atoms with E-state index in [0.717, 1.165) is 28.2 Å². The SMILES string of the molecule is Cc1nn(-c2ccccc2)c2ncn(-c3ccccc3)c12. The third-order valence-corrected chi connectivity index (χ3v) is 3.58. The van der Waals surface area contributed by atoms with E-state index < -0.39 is 0 Å². The van der Waals surface area contributed by atoms with Gasteiger partial charge >= 0.3 is 0 Å². The smallest absolute Gasteiger partial charge is 0.181 e. The Morgan fingerprint density at radius 3 is 2.10 bits per heavy atom. The van der Waals surface area contributed by atoms with Crippen molar-refractivity contribution in [2.24, 2.45) is 0 Å². The molecule has 0 amide bonds. The molecular weight excluding hydrogens is 260 g/mol. The maximum Gasteiger partial charge on any atom is 0.181 e. The molecule has 0 fully saturated rings. The van der Waals surface area contributed by atoms with Crippen LogP contribution >= 0.6 is 0 Å². The predicted octanol–water partition coefficient (Wildman–Crippen LogP) is 3.52. The lowest BCUT2D eigenvalue weighted by atomic mass is 10.3. The van der Waals surface area contributed by atoms with Crippen molar-refractivity contribution in [1.29, 1.82) is 0 Å². The highest BCUT2D eigenvalue weighted by Gasteiger charge is 2.15. The molecule has 4 heteroatoms. The van der Waals surface area contributed by atoms with Crippen LogP contribution in [-0.2, 0) is 0 Å². The molecule has 21 heavy (non-hydrogen) atoms. The van der Waals surface area contributed by atoms with Crippen LogP contribution in [0.15, 0.2) is 67.0 Å². The zero-order valence-electron chi connectivity index (χ0n) is 11.6. The lowest BCUT2D eigenvalue weighted by Gasteiger charge is -2.01. The molecular formula is C17H14N4. The number of hydrogen-bond donors (Lipinski definition) is 0. The van der Waals surface area contributed by atoms with Crippen LogP contribution in [0.2, 0.25) is 0 Å². The van der Waals surface area contributed by atoms with Crippen molar-refractivity contribution in [3.63, 3.8) is 0 Å². The van der Waals surface area contributed by atoms with Gasteiger partial charge in [0, 0.05) is 5.69 Å². The number of aromatic nitrogens is 4. The van der Waals surface area contributed by atoms with Crippen LogP contribution in [0.5, 0.6) is 0 Å². The van der Waals surface area contributed by atoms with Gasteiger partial charge < -0.3 is 0 Å². The molecule has 0 aliphatic carbocycles. The van der Waals surface area contributed by atoms with Crippen LogP contribution in [0.1, 0.15) is 5.69 Å². The lowest BCUT2D eigenvalue weighted by Crippen LogP contribution is -1.96. The van der Waals surface area contributed by atoms with Gasteiger partial charge in [-0.25, -0.2) is 9.67 Å². The van der Waals surface area contributed by atoms with Crippen molar-refractivity contribution in [2.75, 3.05) is 0 Å². The molecule has 0 saturated carbocycles. The van der Waals surface area contributed by atoms with Gasteiger partial charge in [-0.2, -0.15) is 5.10 Å². The summed E-state index contributed by atoms with van der Waals surface area (Å²) >= 11 is 0. The molecule has 0 radical (unpaired) electrons. The van der Waals surface area contributed by atoms with Crippen molar-refractivity contribution in [1.82, 2.24) is 19.3 Å². The predicted molar refractivity (Wildman–Crippen MR) is 82.9 cm³/mol. The van der Waals surface area contributed by atoms with E-state index in [0.29, 0.717) is 0 Å². The topological polar surface area (TPSA) is 35.6 Å². The van der Waals surface area contributed by atoms with E-state index in [1.165, 1.54) is 0 Å². The van der Waals surface area contributed by atoms with Crippen LogP contribution in [0, 0.1) is 6.92 Å². The molecule has 4 rings (SSSR count). The van der Waals surface area contributed by atoms with E-state index in [4.69, 9.17) is 0 Å². The van der Waals surface area contributed by atoms with Gasteiger partial charge in [0.05, 0.1) is 11.4 Å². The minimum absolute atomic E-state index is 0.877. The Balaban J connectivity index is 1.97. The average molecular weight is 274 g/mol. The molecule has 2 heterocycles. The highest BCUT2D eigenvalue weighted by atomic mass is 15.3. The normalized spacial score (nSPS) is 11.1. The molecule has 0 N–H and O–H groups in total. The molecule has 0 unspecified atom stereocenters. The maximum absolute atomic E-state index is 4.64. The first-order valence-corrected chi connectivity index (χ1v) is 6.88. The molecule has 0 bridgehead atoms. The highest BCUT2D eigenvalue weighted by molar-refractivity contribution is 5.78. The third-order valence-electron chi connectivity index (χ3n) is 3.58. The van der Waals surface area contributed by atoms with Gasteiger partial charge in [-0.05, 0) is 31.2 Å². The van der Waals surface area contributed by atoms with Crippen molar-refractivity contribution in [3.8, 4) is 11.4 Å². The van der Waals surface area contributed by atoms with Gasteiger partial charge in [0.25, 0.3) is 0 Å². The summed E-state index contributed by atoms with van der Waals surface area (Å²) in [6, 6.07) is 20.3. The van der Waals surface area contributed by atoms with Crippen molar-refractivity contribution in [3.05, 3.63) is 72.7 Å². The van der Waals surface area contributed by atoms with E-state index in [1.54, 1.807) is 0 Å². The number of benzene rings is 2. The first-order chi connectivity index (χ1) is 10.3. The summed E-state index contributed by atoms with van der Waals surface area (Å²) in [6.45, 7) is 2.02. The Morgan fingerprint density at radius 2 is 1.43 bits per heavy atom. The number of nitrogens with zero attached hydrogens (tertiary/aromatic N) is 4. The number of para-hydroxylation sites is 2. The van der Waals surface area contributed by atoms with Gasteiger partial charge in [-0.3, -0.25) is 4.57 Å². The molecule has 0 aliphatic heterocycles. The van der Waals surface area contributed by atoms with Crippen LogP contribution in [0.25, 0.3) is 22.5 Å². The zero-order valence-corrected chi connectivity index (χ0v) is 11.6. The summed E-state index contributed by atoms with van der Waals surface area (Å²) < 4.78 is 3.97. The van der Waals surface area contributed by atoms with Crippen molar-refractivity contribution >= 4 is 11.2 Å². The maximum atomic E-state index is 4.64. The number of rotatable bonds is 2. The Hall–Kier alpha value is -2.88. The molecule has 0 atom stereocenters. The minimum Gasteiger partial charge on any atom is -0.296 e. The summed E-state index contributed by atoms with van der Waals surface area (Å²) in [5.41, 5.74) is 5.01. The average Bonchev–Trinajstić information content (AvgIpc) is 3.11.